The number of carbonyl (C=O) groups is 2. The average molecular weight is 397 g/mol. The van der Waals surface area contributed by atoms with Gasteiger partial charge < -0.3 is 14.7 Å². The van der Waals surface area contributed by atoms with E-state index in [9.17, 15) is 9.59 Å². The van der Waals surface area contributed by atoms with Crippen LogP contribution in [0.15, 0.2) is 53.6 Å². The number of thioether (sulfide) groups is 1. The number of anilines is 2. The summed E-state index contributed by atoms with van der Waals surface area (Å²) in [7, 11) is 0. The summed E-state index contributed by atoms with van der Waals surface area (Å²) in [5.41, 5.74) is 0.882. The van der Waals surface area contributed by atoms with Gasteiger partial charge in [0.25, 0.3) is 0 Å². The second-order valence-corrected chi connectivity index (χ2v) is 7.99. The Kier molecular flexibility index (Phi) is 5.52. The van der Waals surface area contributed by atoms with E-state index in [1.165, 1.54) is 0 Å². The van der Waals surface area contributed by atoms with Crippen LogP contribution in [-0.4, -0.2) is 60.7 Å². The Hall–Kier alpha value is -2.54. The average Bonchev–Trinajstić information content (AvgIpc) is 3.15. The van der Waals surface area contributed by atoms with Gasteiger partial charge in [0.2, 0.25) is 11.8 Å². The lowest BCUT2D eigenvalue weighted by Crippen LogP contribution is -2.51. The zero-order valence-electron chi connectivity index (χ0n) is 16.0. The van der Waals surface area contributed by atoms with E-state index in [2.05, 4.69) is 9.88 Å². The van der Waals surface area contributed by atoms with Crippen molar-refractivity contribution in [2.45, 2.75) is 11.3 Å². The van der Waals surface area contributed by atoms with Crippen molar-refractivity contribution in [3.63, 3.8) is 0 Å². The predicted octanol–water partition coefficient (Wildman–Crippen LogP) is 2.51. The number of hydrogen-bond donors (Lipinski definition) is 0. The zero-order valence-corrected chi connectivity index (χ0v) is 16.8. The summed E-state index contributed by atoms with van der Waals surface area (Å²) in [6.45, 7) is 3.34. The molecule has 0 saturated carbocycles. The van der Waals surface area contributed by atoms with Crippen molar-refractivity contribution >= 4 is 35.1 Å². The summed E-state index contributed by atoms with van der Waals surface area (Å²) >= 11 is 1.65. The van der Waals surface area contributed by atoms with E-state index >= 15 is 0 Å². The Morgan fingerprint density at radius 3 is 2.64 bits per heavy atom. The number of nitrogens with zero attached hydrogens (tertiary/aromatic N) is 4. The van der Waals surface area contributed by atoms with Crippen molar-refractivity contribution in [1.29, 1.82) is 0 Å². The second kappa shape index (κ2) is 8.22. The third kappa shape index (κ3) is 3.85. The van der Waals surface area contributed by atoms with Crippen molar-refractivity contribution in [2.75, 3.05) is 48.8 Å². The largest absolute Gasteiger partial charge is 0.353 e. The van der Waals surface area contributed by atoms with Gasteiger partial charge in [-0.2, -0.15) is 0 Å². The number of pyridine rings is 1. The Morgan fingerprint density at radius 1 is 1.11 bits per heavy atom. The van der Waals surface area contributed by atoms with Crippen LogP contribution >= 0.6 is 11.8 Å². The topological polar surface area (TPSA) is 56.8 Å². The molecule has 0 unspecified atom stereocenters. The van der Waals surface area contributed by atoms with Crippen LogP contribution in [0.5, 0.6) is 0 Å². The maximum atomic E-state index is 13.0. The molecule has 2 aliphatic heterocycles. The van der Waals surface area contributed by atoms with Gasteiger partial charge in [0.1, 0.15) is 5.82 Å². The molecule has 0 N–H and O–H groups in total. The van der Waals surface area contributed by atoms with Gasteiger partial charge in [-0.25, -0.2) is 4.98 Å². The maximum Gasteiger partial charge on any atom is 0.228 e. The molecule has 2 amide bonds. The molecule has 2 saturated heterocycles. The van der Waals surface area contributed by atoms with E-state index in [1.807, 2.05) is 53.6 Å². The van der Waals surface area contributed by atoms with Crippen LogP contribution in [0.2, 0.25) is 0 Å². The van der Waals surface area contributed by atoms with Gasteiger partial charge in [-0.15, -0.1) is 11.8 Å². The molecule has 6 nitrogen and oxygen atoms in total. The van der Waals surface area contributed by atoms with Gasteiger partial charge in [0.15, 0.2) is 0 Å². The summed E-state index contributed by atoms with van der Waals surface area (Å²) in [6.07, 6.45) is 4.10. The normalized spacial score (nSPS) is 20.0. The van der Waals surface area contributed by atoms with Crippen molar-refractivity contribution in [3.05, 3.63) is 48.7 Å². The lowest BCUT2D eigenvalue weighted by atomic mass is 10.1. The van der Waals surface area contributed by atoms with Crippen molar-refractivity contribution in [1.82, 2.24) is 9.88 Å². The molecule has 146 valence electrons. The van der Waals surface area contributed by atoms with Crippen molar-refractivity contribution in [3.8, 4) is 0 Å². The second-order valence-electron chi connectivity index (χ2n) is 7.11. The van der Waals surface area contributed by atoms with E-state index in [1.54, 1.807) is 22.9 Å². The van der Waals surface area contributed by atoms with Gasteiger partial charge in [-0.05, 0) is 36.6 Å². The van der Waals surface area contributed by atoms with E-state index in [4.69, 9.17) is 0 Å². The molecule has 7 heteroatoms. The first-order valence-corrected chi connectivity index (χ1v) is 10.8. The third-order valence-corrected chi connectivity index (χ3v) is 6.13. The molecular formula is C21H24N4O2S. The summed E-state index contributed by atoms with van der Waals surface area (Å²) in [6, 6.07) is 13.8. The van der Waals surface area contributed by atoms with Gasteiger partial charge in [-0.1, -0.05) is 12.1 Å². The first-order chi connectivity index (χ1) is 13.7. The Bertz CT molecular complexity index is 852. The van der Waals surface area contributed by atoms with E-state index in [0.29, 0.717) is 26.1 Å². The quantitative estimate of drug-likeness (QED) is 0.744. The fraction of sp³-hybridized carbons (Fsp3) is 0.381. The zero-order chi connectivity index (χ0) is 19.5. The van der Waals surface area contributed by atoms with E-state index in [0.717, 1.165) is 29.5 Å². The number of piperazine rings is 1. The smallest absolute Gasteiger partial charge is 0.228 e. The summed E-state index contributed by atoms with van der Waals surface area (Å²) < 4.78 is 0. The van der Waals surface area contributed by atoms with Gasteiger partial charge in [0, 0.05) is 55.9 Å². The predicted molar refractivity (Wildman–Crippen MR) is 112 cm³/mol. The van der Waals surface area contributed by atoms with Crippen molar-refractivity contribution < 1.29 is 9.59 Å². The molecule has 1 aromatic carbocycles. The van der Waals surface area contributed by atoms with Crippen LogP contribution in [0.4, 0.5) is 11.5 Å². The highest BCUT2D eigenvalue weighted by molar-refractivity contribution is 7.98. The minimum absolute atomic E-state index is 0.0312. The van der Waals surface area contributed by atoms with Crippen LogP contribution in [0.1, 0.15) is 6.42 Å². The highest BCUT2D eigenvalue weighted by Crippen LogP contribution is 2.29. The molecule has 0 radical (unpaired) electrons. The molecule has 0 aliphatic carbocycles. The molecular weight excluding hydrogens is 372 g/mol. The fourth-order valence-electron chi connectivity index (χ4n) is 3.86. The van der Waals surface area contributed by atoms with Gasteiger partial charge >= 0.3 is 0 Å². The SMILES string of the molecule is CSc1cccc(N2C[C@H](C(=O)N3CCN(c4ccccn4)CC3)CC2=O)c1. The first kappa shape index (κ1) is 18.8. The monoisotopic (exact) mass is 396 g/mol. The number of aromatic nitrogens is 1. The lowest BCUT2D eigenvalue weighted by Gasteiger charge is -2.36. The molecule has 3 heterocycles. The summed E-state index contributed by atoms with van der Waals surface area (Å²) in [5, 5.41) is 0. The molecule has 2 fully saturated rings. The van der Waals surface area contributed by atoms with E-state index < -0.39 is 0 Å². The number of amides is 2. The van der Waals surface area contributed by atoms with Crippen molar-refractivity contribution in [2.24, 2.45) is 5.92 Å². The van der Waals surface area contributed by atoms with Gasteiger partial charge in [-0.3, -0.25) is 9.59 Å². The van der Waals surface area contributed by atoms with Crippen LogP contribution < -0.4 is 9.80 Å². The number of hydrogen-bond acceptors (Lipinski definition) is 5. The van der Waals surface area contributed by atoms with Gasteiger partial charge in [0.05, 0.1) is 5.92 Å². The van der Waals surface area contributed by atoms with Crippen LogP contribution in [0, 0.1) is 5.92 Å². The molecule has 0 spiro atoms. The highest BCUT2D eigenvalue weighted by Gasteiger charge is 2.38. The molecule has 1 aromatic heterocycles. The Morgan fingerprint density at radius 2 is 1.93 bits per heavy atom. The highest BCUT2D eigenvalue weighted by atomic mass is 32.2. The Labute approximate surface area is 169 Å². The third-order valence-electron chi connectivity index (χ3n) is 5.40. The molecule has 2 aliphatic rings. The minimum Gasteiger partial charge on any atom is -0.353 e. The molecule has 4 rings (SSSR count). The number of rotatable bonds is 4. The van der Waals surface area contributed by atoms with Crippen LogP contribution in [0.3, 0.4) is 0 Å². The fourth-order valence-corrected chi connectivity index (χ4v) is 4.31. The number of benzene rings is 1. The molecule has 1 atom stereocenters. The lowest BCUT2D eigenvalue weighted by molar-refractivity contribution is -0.136. The molecule has 0 bridgehead atoms. The van der Waals surface area contributed by atoms with Crippen LogP contribution in [0.25, 0.3) is 0 Å². The first-order valence-electron chi connectivity index (χ1n) is 9.55. The minimum atomic E-state index is -0.258. The van der Waals surface area contributed by atoms with Crippen LogP contribution in [-0.2, 0) is 9.59 Å². The van der Waals surface area contributed by atoms with E-state index in [-0.39, 0.29) is 17.7 Å². The Balaban J connectivity index is 1.37. The summed E-state index contributed by atoms with van der Waals surface area (Å²) in [5.74, 6) is 0.818. The standard InChI is InChI=1S/C21H24N4O2S/c1-28-18-6-4-5-17(14-18)25-15-16(13-20(25)26)21(27)24-11-9-23(10-12-24)19-7-2-3-8-22-19/h2-8,14,16H,9-13,15H2,1H3/t16-/m1/s1. The molecule has 28 heavy (non-hydrogen) atoms. The maximum absolute atomic E-state index is 13.0. The number of carbonyl (C=O) groups excluding carboxylic acids is 2. The summed E-state index contributed by atoms with van der Waals surface area (Å²) in [4.78, 5) is 36.9. The molecule has 2 aromatic rings.